The van der Waals surface area contributed by atoms with E-state index in [1.54, 1.807) is 18.6 Å². The Morgan fingerprint density at radius 2 is 2.11 bits per heavy atom. The smallest absolute Gasteiger partial charge is 0.236 e. The summed E-state index contributed by atoms with van der Waals surface area (Å²) in [6, 6.07) is 4.23. The molecule has 0 spiro atoms. The molecule has 0 aromatic carbocycles. The number of carbonyl (C=O) groups is 1. The third kappa shape index (κ3) is 4.80. The number of hydrogen-bond donors (Lipinski definition) is 1. The molecule has 0 unspecified atom stereocenters. The molecule has 1 amide bonds. The lowest BCUT2D eigenvalue weighted by Gasteiger charge is -2.27. The maximum absolute atomic E-state index is 12.5. The van der Waals surface area contributed by atoms with Gasteiger partial charge in [0.1, 0.15) is 5.82 Å². The van der Waals surface area contributed by atoms with Crippen molar-refractivity contribution >= 4 is 17.4 Å². The van der Waals surface area contributed by atoms with Crippen molar-refractivity contribution < 1.29 is 4.79 Å². The molecule has 1 aliphatic rings. The molecular weight excluding hydrogens is 340 g/mol. The number of carbonyl (C=O) groups excluding carboxylic acids is 1. The molecule has 0 bridgehead atoms. The Kier molecular flexibility index (Phi) is 6.34. The number of nitrogens with one attached hydrogen (secondary N) is 1. The first kappa shape index (κ1) is 19.2. The number of rotatable bonds is 7. The van der Waals surface area contributed by atoms with Gasteiger partial charge >= 0.3 is 0 Å². The summed E-state index contributed by atoms with van der Waals surface area (Å²) in [5.74, 6) is 0.895. The number of hydrogen-bond acceptors (Lipinski definition) is 6. The SMILES string of the molecule is CCN(CC)C(=O)CN1CCC[C@@H]1c1cc(Nc2cnccn2)cc(C)n1. The van der Waals surface area contributed by atoms with Gasteiger partial charge in [0, 0.05) is 36.9 Å². The number of amides is 1. The molecule has 144 valence electrons. The van der Waals surface area contributed by atoms with E-state index in [4.69, 9.17) is 4.98 Å². The van der Waals surface area contributed by atoms with Crippen molar-refractivity contribution in [3.8, 4) is 0 Å². The predicted molar refractivity (Wildman–Crippen MR) is 106 cm³/mol. The summed E-state index contributed by atoms with van der Waals surface area (Å²) in [6.45, 7) is 8.93. The van der Waals surface area contributed by atoms with E-state index in [0.717, 1.165) is 49.6 Å². The minimum absolute atomic E-state index is 0.173. The maximum atomic E-state index is 12.5. The summed E-state index contributed by atoms with van der Waals surface area (Å²) < 4.78 is 0. The number of aromatic nitrogens is 3. The lowest BCUT2D eigenvalue weighted by Crippen LogP contribution is -2.40. The van der Waals surface area contributed by atoms with Gasteiger partial charge < -0.3 is 10.2 Å². The molecule has 3 heterocycles. The summed E-state index contributed by atoms with van der Waals surface area (Å²) in [5, 5.41) is 3.29. The van der Waals surface area contributed by atoms with Crippen LogP contribution in [0, 0.1) is 6.92 Å². The Morgan fingerprint density at radius 1 is 1.30 bits per heavy atom. The fraction of sp³-hybridized carbons (Fsp3) is 0.500. The van der Waals surface area contributed by atoms with Crippen molar-refractivity contribution in [1.29, 1.82) is 0 Å². The number of likely N-dealkylation sites (tertiary alicyclic amines) is 1. The second-order valence-corrected chi connectivity index (χ2v) is 6.83. The molecular formula is C20H28N6O. The monoisotopic (exact) mass is 368 g/mol. The Morgan fingerprint density at radius 3 is 2.81 bits per heavy atom. The Hall–Kier alpha value is -2.54. The van der Waals surface area contributed by atoms with Gasteiger partial charge in [0.2, 0.25) is 5.91 Å². The van der Waals surface area contributed by atoms with Crippen LogP contribution in [-0.2, 0) is 4.79 Å². The van der Waals surface area contributed by atoms with Crippen LogP contribution >= 0.6 is 0 Å². The second-order valence-electron chi connectivity index (χ2n) is 6.83. The molecule has 7 nitrogen and oxygen atoms in total. The quantitative estimate of drug-likeness (QED) is 0.810. The van der Waals surface area contributed by atoms with Gasteiger partial charge in [-0.25, -0.2) is 4.98 Å². The lowest BCUT2D eigenvalue weighted by atomic mass is 10.1. The zero-order valence-corrected chi connectivity index (χ0v) is 16.4. The van der Waals surface area contributed by atoms with Crippen LogP contribution in [0.15, 0.2) is 30.7 Å². The molecule has 27 heavy (non-hydrogen) atoms. The Labute approximate surface area is 160 Å². The van der Waals surface area contributed by atoms with Gasteiger partial charge in [-0.3, -0.25) is 19.7 Å². The molecule has 0 saturated carbocycles. The predicted octanol–water partition coefficient (Wildman–Crippen LogP) is 2.93. The normalized spacial score (nSPS) is 17.1. The number of likely N-dealkylation sites (N-methyl/N-ethyl adjacent to an activating group) is 1. The van der Waals surface area contributed by atoms with Gasteiger partial charge in [0.25, 0.3) is 0 Å². The first-order valence-corrected chi connectivity index (χ1v) is 9.64. The molecule has 2 aromatic heterocycles. The third-order valence-corrected chi connectivity index (χ3v) is 4.97. The van der Waals surface area contributed by atoms with Crippen molar-refractivity contribution in [2.75, 3.05) is 31.5 Å². The van der Waals surface area contributed by atoms with Crippen LogP contribution in [0.1, 0.15) is 44.1 Å². The van der Waals surface area contributed by atoms with Crippen molar-refractivity contribution in [3.63, 3.8) is 0 Å². The molecule has 1 aliphatic heterocycles. The van der Waals surface area contributed by atoms with E-state index in [1.165, 1.54) is 0 Å². The highest BCUT2D eigenvalue weighted by Crippen LogP contribution is 2.32. The van der Waals surface area contributed by atoms with Gasteiger partial charge in [0.15, 0.2) is 0 Å². The highest BCUT2D eigenvalue weighted by atomic mass is 16.2. The fourth-order valence-electron chi connectivity index (χ4n) is 3.65. The minimum Gasteiger partial charge on any atom is -0.342 e. The van der Waals surface area contributed by atoms with E-state index in [1.807, 2.05) is 31.7 Å². The Bertz CT molecular complexity index is 762. The molecule has 0 aliphatic carbocycles. The molecule has 7 heteroatoms. The number of pyridine rings is 1. The van der Waals surface area contributed by atoms with Crippen molar-refractivity contribution in [2.45, 2.75) is 39.7 Å². The number of anilines is 2. The zero-order chi connectivity index (χ0) is 19.2. The van der Waals surface area contributed by atoms with E-state index < -0.39 is 0 Å². The molecule has 1 saturated heterocycles. The number of aryl methyl sites for hydroxylation is 1. The van der Waals surface area contributed by atoms with E-state index in [9.17, 15) is 4.79 Å². The van der Waals surface area contributed by atoms with Gasteiger partial charge in [0.05, 0.1) is 24.5 Å². The minimum atomic E-state index is 0.173. The van der Waals surface area contributed by atoms with Gasteiger partial charge in [-0.1, -0.05) is 0 Å². The van der Waals surface area contributed by atoms with E-state index in [2.05, 4.69) is 26.3 Å². The van der Waals surface area contributed by atoms with Crippen LogP contribution in [0.3, 0.4) is 0 Å². The van der Waals surface area contributed by atoms with Crippen LogP contribution in [-0.4, -0.2) is 56.8 Å². The first-order valence-electron chi connectivity index (χ1n) is 9.64. The summed E-state index contributed by atoms with van der Waals surface area (Å²) >= 11 is 0. The molecule has 1 atom stereocenters. The molecule has 0 radical (unpaired) electrons. The fourth-order valence-corrected chi connectivity index (χ4v) is 3.65. The second kappa shape index (κ2) is 8.90. The zero-order valence-electron chi connectivity index (χ0n) is 16.4. The van der Waals surface area contributed by atoms with Crippen LogP contribution in [0.5, 0.6) is 0 Å². The average Bonchev–Trinajstić information content (AvgIpc) is 3.11. The Balaban J connectivity index is 1.77. The summed E-state index contributed by atoms with van der Waals surface area (Å²) in [5.41, 5.74) is 2.90. The molecule has 1 N–H and O–H groups in total. The molecule has 3 rings (SSSR count). The highest BCUT2D eigenvalue weighted by Gasteiger charge is 2.30. The van der Waals surface area contributed by atoms with Crippen molar-refractivity contribution in [3.05, 3.63) is 42.1 Å². The first-order chi connectivity index (χ1) is 13.1. The summed E-state index contributed by atoms with van der Waals surface area (Å²) in [6.07, 6.45) is 7.11. The summed E-state index contributed by atoms with van der Waals surface area (Å²) in [4.78, 5) is 29.8. The van der Waals surface area contributed by atoms with Crippen molar-refractivity contribution in [2.24, 2.45) is 0 Å². The van der Waals surface area contributed by atoms with Gasteiger partial charge in [-0.15, -0.1) is 0 Å². The summed E-state index contributed by atoms with van der Waals surface area (Å²) in [7, 11) is 0. The van der Waals surface area contributed by atoms with Gasteiger partial charge in [-0.2, -0.15) is 0 Å². The largest absolute Gasteiger partial charge is 0.342 e. The van der Waals surface area contributed by atoms with Crippen LogP contribution in [0.4, 0.5) is 11.5 Å². The topological polar surface area (TPSA) is 74.2 Å². The number of nitrogens with zero attached hydrogens (tertiary/aromatic N) is 5. The molecule has 2 aromatic rings. The van der Waals surface area contributed by atoms with Gasteiger partial charge in [-0.05, 0) is 52.3 Å². The van der Waals surface area contributed by atoms with E-state index in [-0.39, 0.29) is 11.9 Å². The standard InChI is InChI=1S/C20H28N6O/c1-4-25(5-2)20(27)14-26-10-6-7-18(26)17-12-16(11-15(3)23-17)24-19-13-21-8-9-22-19/h8-9,11-13,18H,4-7,10,14H2,1-3H3,(H,22,23,24)/t18-/m1/s1. The average molecular weight is 368 g/mol. The van der Waals surface area contributed by atoms with Crippen LogP contribution in [0.2, 0.25) is 0 Å². The molecule has 1 fully saturated rings. The third-order valence-electron chi connectivity index (χ3n) is 4.97. The van der Waals surface area contributed by atoms with Crippen LogP contribution < -0.4 is 5.32 Å². The highest BCUT2D eigenvalue weighted by molar-refractivity contribution is 5.78. The van der Waals surface area contributed by atoms with E-state index >= 15 is 0 Å². The lowest BCUT2D eigenvalue weighted by molar-refractivity contribution is -0.132. The maximum Gasteiger partial charge on any atom is 0.236 e. The van der Waals surface area contributed by atoms with E-state index in [0.29, 0.717) is 12.4 Å². The van der Waals surface area contributed by atoms with Crippen LogP contribution in [0.25, 0.3) is 0 Å². The van der Waals surface area contributed by atoms with Crippen molar-refractivity contribution in [1.82, 2.24) is 24.8 Å².